The second-order valence-electron chi connectivity index (χ2n) is 9.35. The van der Waals surface area contributed by atoms with E-state index in [9.17, 15) is 14.4 Å². The van der Waals surface area contributed by atoms with Crippen LogP contribution in [0.4, 0.5) is 0 Å². The molecule has 1 aromatic carbocycles. The maximum Gasteiger partial charge on any atom is 0.309 e. The Morgan fingerprint density at radius 2 is 1.61 bits per heavy atom. The average molecular weight is 465 g/mol. The van der Waals surface area contributed by atoms with Crippen LogP contribution in [0.3, 0.4) is 0 Å². The van der Waals surface area contributed by atoms with Gasteiger partial charge in [0.15, 0.2) is 0 Å². The van der Waals surface area contributed by atoms with E-state index in [2.05, 4.69) is 11.7 Å². The van der Waals surface area contributed by atoms with Crippen molar-refractivity contribution in [2.75, 3.05) is 6.61 Å². The fraction of sp³-hybridized carbons (Fsp3) is 0.654. The molecule has 1 saturated carbocycles. The number of benzene rings is 1. The monoisotopic (exact) mass is 464 g/mol. The predicted molar refractivity (Wildman–Crippen MR) is 126 cm³/mol. The highest BCUT2D eigenvalue weighted by molar-refractivity contribution is 5.75. The normalized spacial score (nSPS) is 18.5. The molecule has 1 aliphatic carbocycles. The lowest BCUT2D eigenvalue weighted by atomic mass is 10.1. The van der Waals surface area contributed by atoms with Gasteiger partial charge >= 0.3 is 17.9 Å². The van der Waals surface area contributed by atoms with Gasteiger partial charge in [0, 0.05) is 0 Å². The number of hydrogen-bond acceptors (Lipinski definition) is 7. The van der Waals surface area contributed by atoms with E-state index in [0.29, 0.717) is 5.75 Å². The fourth-order valence-corrected chi connectivity index (χ4v) is 3.18. The molecule has 3 rings (SSSR count). The second-order valence-corrected chi connectivity index (χ2v) is 9.35. The molecule has 1 heterocycles. The van der Waals surface area contributed by atoms with Gasteiger partial charge in [-0.2, -0.15) is 0 Å². The summed E-state index contributed by atoms with van der Waals surface area (Å²) >= 11 is 0. The van der Waals surface area contributed by atoms with E-state index >= 15 is 0 Å². The van der Waals surface area contributed by atoms with Gasteiger partial charge in [-0.15, -0.1) is 0 Å². The van der Waals surface area contributed by atoms with Crippen LogP contribution < -0.4 is 0 Å². The van der Waals surface area contributed by atoms with Crippen molar-refractivity contribution in [3.63, 3.8) is 0 Å². The Labute approximate surface area is 197 Å². The summed E-state index contributed by atoms with van der Waals surface area (Å²) in [6.07, 6.45) is 5.31. The third-order valence-electron chi connectivity index (χ3n) is 5.40. The second kappa shape index (κ2) is 13.9. The first-order chi connectivity index (χ1) is 15.5. The van der Waals surface area contributed by atoms with Gasteiger partial charge in [0.2, 0.25) is 0 Å². The number of esters is 3. The minimum atomic E-state index is -0.368. The number of rotatable bonds is 5. The van der Waals surface area contributed by atoms with Crippen molar-refractivity contribution in [3.8, 4) is 5.75 Å². The molecular weight excluding hydrogens is 424 g/mol. The Bertz CT molecular complexity index is 746. The standard InChI is InChI=1S/C10H18O2.C8H12O4.C8H10O/c1-8(2)9(11)12-10(3)6-4-5-7-10;1-5(2)8(10)12-6-3-7(9)11-4-6;1-2-7-3-5-8(9)6-4-7/h8H,4-7H2,1-3H3;5-6H,3-4H2,1-2H3;3-6,9H,2H2,1H3. The third-order valence-corrected chi connectivity index (χ3v) is 5.40. The number of ether oxygens (including phenoxy) is 3. The molecule has 7 heteroatoms. The van der Waals surface area contributed by atoms with E-state index in [-0.39, 0.29) is 54.5 Å². The lowest BCUT2D eigenvalue weighted by molar-refractivity contribution is -0.161. The molecule has 7 nitrogen and oxygen atoms in total. The lowest BCUT2D eigenvalue weighted by Crippen LogP contribution is -2.30. The van der Waals surface area contributed by atoms with Crippen LogP contribution in [-0.2, 0) is 35.0 Å². The molecule has 1 N–H and O–H groups in total. The minimum absolute atomic E-state index is 0.00225. The lowest BCUT2D eigenvalue weighted by Gasteiger charge is -2.25. The zero-order valence-electron chi connectivity index (χ0n) is 20.9. The van der Waals surface area contributed by atoms with Crippen molar-refractivity contribution in [3.05, 3.63) is 29.8 Å². The molecule has 1 saturated heterocycles. The van der Waals surface area contributed by atoms with Gasteiger partial charge in [-0.25, -0.2) is 0 Å². The van der Waals surface area contributed by atoms with E-state index in [1.807, 2.05) is 32.9 Å². The maximum atomic E-state index is 11.3. The van der Waals surface area contributed by atoms with Crippen molar-refractivity contribution in [1.29, 1.82) is 0 Å². The molecule has 0 radical (unpaired) electrons. The number of phenolic OH excluding ortho intramolecular Hbond substituents is 1. The van der Waals surface area contributed by atoms with Crippen LogP contribution in [0.1, 0.15) is 79.2 Å². The van der Waals surface area contributed by atoms with Gasteiger partial charge < -0.3 is 19.3 Å². The number of aromatic hydroxyl groups is 1. The van der Waals surface area contributed by atoms with Gasteiger partial charge in [0.25, 0.3) is 0 Å². The highest BCUT2D eigenvalue weighted by atomic mass is 16.6. The van der Waals surface area contributed by atoms with Gasteiger partial charge in [0.05, 0.1) is 18.3 Å². The van der Waals surface area contributed by atoms with Crippen molar-refractivity contribution < 1.29 is 33.7 Å². The Hall–Kier alpha value is -2.57. The molecule has 1 atom stereocenters. The Kier molecular flexibility index (Phi) is 12.0. The largest absolute Gasteiger partial charge is 0.508 e. The van der Waals surface area contributed by atoms with Crippen LogP contribution in [-0.4, -0.2) is 41.3 Å². The van der Waals surface area contributed by atoms with E-state index < -0.39 is 0 Å². The predicted octanol–water partition coefficient (Wildman–Crippen LogP) is 4.97. The molecular formula is C26H40O7. The van der Waals surface area contributed by atoms with Crippen LogP contribution in [0, 0.1) is 11.8 Å². The molecule has 1 unspecified atom stereocenters. The SMILES string of the molecule is CC(C)C(=O)OC1(C)CCCC1.CC(C)C(=O)OC1COC(=O)C1.CCc1ccc(O)cc1. The van der Waals surface area contributed by atoms with Gasteiger partial charge in [-0.1, -0.05) is 46.8 Å². The van der Waals surface area contributed by atoms with Gasteiger partial charge in [-0.05, 0) is 56.7 Å². The molecule has 2 fully saturated rings. The van der Waals surface area contributed by atoms with Crippen LogP contribution in [0.25, 0.3) is 0 Å². The summed E-state index contributed by atoms with van der Waals surface area (Å²) in [7, 11) is 0. The first-order valence-corrected chi connectivity index (χ1v) is 11.8. The number of carbonyl (C=O) groups is 3. The molecule has 0 bridgehead atoms. The summed E-state index contributed by atoms with van der Waals surface area (Å²) < 4.78 is 15.0. The zero-order valence-corrected chi connectivity index (χ0v) is 20.9. The molecule has 0 spiro atoms. The van der Waals surface area contributed by atoms with Crippen molar-refractivity contribution >= 4 is 17.9 Å². The number of carbonyl (C=O) groups excluding carboxylic acids is 3. The van der Waals surface area contributed by atoms with E-state index in [1.54, 1.807) is 26.0 Å². The first-order valence-electron chi connectivity index (χ1n) is 11.8. The first kappa shape index (κ1) is 28.5. The van der Waals surface area contributed by atoms with Crippen molar-refractivity contribution in [2.24, 2.45) is 11.8 Å². The fourth-order valence-electron chi connectivity index (χ4n) is 3.18. The molecule has 2 aliphatic rings. The molecule has 1 aliphatic heterocycles. The minimum Gasteiger partial charge on any atom is -0.508 e. The molecule has 0 amide bonds. The van der Waals surface area contributed by atoms with Crippen molar-refractivity contribution in [1.82, 2.24) is 0 Å². The molecule has 186 valence electrons. The zero-order chi connectivity index (χ0) is 25.0. The highest BCUT2D eigenvalue weighted by Gasteiger charge is 2.33. The van der Waals surface area contributed by atoms with Crippen LogP contribution in [0.15, 0.2) is 24.3 Å². The van der Waals surface area contributed by atoms with E-state index in [1.165, 1.54) is 18.4 Å². The summed E-state index contributed by atoms with van der Waals surface area (Å²) in [5.41, 5.74) is 1.11. The number of hydrogen-bond donors (Lipinski definition) is 1. The molecule has 0 aromatic heterocycles. The summed E-state index contributed by atoms with van der Waals surface area (Å²) in [5.74, 6) is -0.440. The van der Waals surface area contributed by atoms with Gasteiger partial charge in [-0.3, -0.25) is 14.4 Å². The van der Waals surface area contributed by atoms with Crippen LogP contribution in [0.5, 0.6) is 5.75 Å². The van der Waals surface area contributed by atoms with Crippen LogP contribution in [0.2, 0.25) is 0 Å². The van der Waals surface area contributed by atoms with Crippen LogP contribution >= 0.6 is 0 Å². The Morgan fingerprint density at radius 1 is 1.06 bits per heavy atom. The Morgan fingerprint density at radius 3 is 2.03 bits per heavy atom. The van der Waals surface area contributed by atoms with Crippen molar-refractivity contribution in [2.45, 2.75) is 91.8 Å². The summed E-state index contributed by atoms with van der Waals surface area (Å²) in [4.78, 5) is 32.9. The number of cyclic esters (lactones) is 1. The van der Waals surface area contributed by atoms with E-state index in [4.69, 9.17) is 14.6 Å². The molecule has 33 heavy (non-hydrogen) atoms. The highest BCUT2D eigenvalue weighted by Crippen LogP contribution is 2.33. The topological polar surface area (TPSA) is 99.1 Å². The van der Waals surface area contributed by atoms with E-state index in [0.717, 1.165) is 19.3 Å². The number of aryl methyl sites for hydroxylation is 1. The smallest absolute Gasteiger partial charge is 0.309 e. The summed E-state index contributed by atoms with van der Waals surface area (Å²) in [6, 6.07) is 7.27. The summed E-state index contributed by atoms with van der Waals surface area (Å²) in [5, 5.41) is 8.85. The third kappa shape index (κ3) is 11.2. The quantitative estimate of drug-likeness (QED) is 0.485. The Balaban J connectivity index is 0.000000250. The summed E-state index contributed by atoms with van der Waals surface area (Å²) in [6.45, 7) is 11.6. The maximum absolute atomic E-state index is 11.3. The molecule has 1 aromatic rings. The average Bonchev–Trinajstić information content (AvgIpc) is 3.37. The number of phenols is 1. The van der Waals surface area contributed by atoms with Gasteiger partial charge in [0.1, 0.15) is 24.1 Å².